The molecule has 1 saturated heterocycles. The molecule has 0 atom stereocenters. The summed E-state index contributed by atoms with van der Waals surface area (Å²) < 4.78 is 12.3. The van der Waals surface area contributed by atoms with Gasteiger partial charge in [0.05, 0.1) is 31.7 Å². The predicted molar refractivity (Wildman–Crippen MR) is 164 cm³/mol. The zero-order valence-corrected chi connectivity index (χ0v) is 25.4. The second-order valence-corrected chi connectivity index (χ2v) is 11.5. The standard InChI is InChI=1S/C28H23Cl2IN2O5S/c1-3-37-23-12-18(11-22(31)26(23)38-15-25(34)32-19-6-4-5-16(2)9-19)13-24-27(35)33(28(36)39-24)14-17-7-8-20(29)21(30)10-17/h4-13H,3,14-15H2,1-2H3,(H,32,34)/b24-13-. The largest absolute Gasteiger partial charge is 0.490 e. The van der Waals surface area contributed by atoms with Crippen molar-refractivity contribution in [2.75, 3.05) is 18.5 Å². The molecule has 202 valence electrons. The van der Waals surface area contributed by atoms with Crippen molar-refractivity contribution < 1.29 is 23.9 Å². The number of hydrogen-bond donors (Lipinski definition) is 1. The van der Waals surface area contributed by atoms with E-state index in [1.54, 1.807) is 42.5 Å². The number of thioether (sulfide) groups is 1. The monoisotopic (exact) mass is 696 g/mol. The molecule has 3 amide bonds. The van der Waals surface area contributed by atoms with Crippen LogP contribution >= 0.6 is 57.6 Å². The highest BCUT2D eigenvalue weighted by atomic mass is 127. The highest BCUT2D eigenvalue weighted by molar-refractivity contribution is 14.1. The third-order valence-corrected chi connectivity index (χ3v) is 7.92. The highest BCUT2D eigenvalue weighted by Gasteiger charge is 2.35. The molecule has 3 aromatic carbocycles. The van der Waals surface area contributed by atoms with Crippen LogP contribution < -0.4 is 14.8 Å². The van der Waals surface area contributed by atoms with E-state index in [9.17, 15) is 14.4 Å². The molecule has 0 aliphatic carbocycles. The first kappa shape index (κ1) is 29.3. The van der Waals surface area contributed by atoms with Gasteiger partial charge in [0.2, 0.25) is 0 Å². The molecule has 0 radical (unpaired) electrons. The predicted octanol–water partition coefficient (Wildman–Crippen LogP) is 7.56. The third kappa shape index (κ3) is 7.47. The summed E-state index contributed by atoms with van der Waals surface area (Å²) >= 11 is 15.0. The van der Waals surface area contributed by atoms with Gasteiger partial charge < -0.3 is 14.8 Å². The minimum Gasteiger partial charge on any atom is -0.490 e. The summed E-state index contributed by atoms with van der Waals surface area (Å²) in [6, 6.07) is 16.0. The number of benzene rings is 3. The maximum absolute atomic E-state index is 13.0. The van der Waals surface area contributed by atoms with Crippen molar-refractivity contribution in [3.05, 3.63) is 89.8 Å². The summed E-state index contributed by atoms with van der Waals surface area (Å²) in [5, 5.41) is 3.18. The number of nitrogens with one attached hydrogen (secondary N) is 1. The van der Waals surface area contributed by atoms with E-state index in [-0.39, 0.29) is 29.2 Å². The number of aryl methyl sites for hydroxylation is 1. The van der Waals surface area contributed by atoms with Crippen LogP contribution in [0.3, 0.4) is 0 Å². The Morgan fingerprint density at radius 3 is 2.59 bits per heavy atom. The van der Waals surface area contributed by atoms with Crippen LogP contribution in [0.15, 0.2) is 59.5 Å². The smallest absolute Gasteiger partial charge is 0.293 e. The van der Waals surface area contributed by atoms with Gasteiger partial charge in [-0.3, -0.25) is 19.3 Å². The molecule has 1 aliphatic rings. The Morgan fingerprint density at radius 1 is 1.08 bits per heavy atom. The van der Waals surface area contributed by atoms with Crippen molar-refractivity contribution in [2.45, 2.75) is 20.4 Å². The van der Waals surface area contributed by atoms with Crippen molar-refractivity contribution in [3.63, 3.8) is 0 Å². The molecule has 0 bridgehead atoms. The Kier molecular flexibility index (Phi) is 9.81. The van der Waals surface area contributed by atoms with Crippen molar-refractivity contribution in [2.24, 2.45) is 0 Å². The molecule has 7 nitrogen and oxygen atoms in total. The van der Waals surface area contributed by atoms with Crippen LogP contribution in [0.1, 0.15) is 23.6 Å². The first-order valence-corrected chi connectivity index (χ1v) is 14.4. The second kappa shape index (κ2) is 13.1. The maximum atomic E-state index is 13.0. The minimum atomic E-state index is -0.405. The van der Waals surface area contributed by atoms with Gasteiger partial charge in [0.15, 0.2) is 18.1 Å². The molecule has 1 fully saturated rings. The van der Waals surface area contributed by atoms with Crippen molar-refractivity contribution in [3.8, 4) is 11.5 Å². The first-order chi connectivity index (χ1) is 18.6. The van der Waals surface area contributed by atoms with E-state index in [4.69, 9.17) is 32.7 Å². The number of ether oxygens (including phenoxy) is 2. The number of anilines is 1. The van der Waals surface area contributed by atoms with Crippen LogP contribution in [0.4, 0.5) is 10.5 Å². The molecule has 0 saturated carbocycles. The summed E-state index contributed by atoms with van der Waals surface area (Å²) in [4.78, 5) is 39.6. The Bertz CT molecular complexity index is 1480. The fourth-order valence-electron chi connectivity index (χ4n) is 3.74. The van der Waals surface area contributed by atoms with Gasteiger partial charge in [-0.05, 0) is 107 Å². The molecule has 11 heteroatoms. The maximum Gasteiger partial charge on any atom is 0.293 e. The fourth-order valence-corrected chi connectivity index (χ4v) is 5.68. The molecule has 1 N–H and O–H groups in total. The molecular weight excluding hydrogens is 674 g/mol. The Morgan fingerprint density at radius 2 is 1.87 bits per heavy atom. The summed E-state index contributed by atoms with van der Waals surface area (Å²) in [7, 11) is 0. The molecule has 0 spiro atoms. The SMILES string of the molecule is CCOc1cc(/C=C2\SC(=O)N(Cc3ccc(Cl)c(Cl)c3)C2=O)cc(I)c1OCC(=O)Nc1cccc(C)c1. The van der Waals surface area contributed by atoms with Gasteiger partial charge in [-0.25, -0.2) is 0 Å². The van der Waals surface area contributed by atoms with E-state index in [1.165, 1.54) is 0 Å². The molecule has 4 rings (SSSR count). The van der Waals surface area contributed by atoms with E-state index < -0.39 is 5.91 Å². The average molecular weight is 697 g/mol. The first-order valence-electron chi connectivity index (χ1n) is 11.8. The molecule has 0 aromatic heterocycles. The van der Waals surface area contributed by atoms with Crippen LogP contribution in [-0.2, 0) is 16.1 Å². The lowest BCUT2D eigenvalue weighted by molar-refractivity contribution is -0.123. The summed E-state index contributed by atoms with van der Waals surface area (Å²) in [6.45, 7) is 4.02. The Labute approximate surface area is 254 Å². The summed E-state index contributed by atoms with van der Waals surface area (Å²) in [6.07, 6.45) is 1.64. The lowest BCUT2D eigenvalue weighted by Crippen LogP contribution is -2.27. The highest BCUT2D eigenvalue weighted by Crippen LogP contribution is 2.38. The topological polar surface area (TPSA) is 84.9 Å². The van der Waals surface area contributed by atoms with Crippen molar-refractivity contribution >= 4 is 86.4 Å². The molecule has 1 heterocycles. The van der Waals surface area contributed by atoms with E-state index >= 15 is 0 Å². The van der Waals surface area contributed by atoms with Gasteiger partial charge in [-0.1, -0.05) is 41.4 Å². The summed E-state index contributed by atoms with van der Waals surface area (Å²) in [5.74, 6) is 0.131. The lowest BCUT2D eigenvalue weighted by Gasteiger charge is -2.15. The lowest BCUT2D eigenvalue weighted by atomic mass is 10.1. The number of carbonyl (C=O) groups is 3. The molecule has 39 heavy (non-hydrogen) atoms. The van der Waals surface area contributed by atoms with Gasteiger partial charge >= 0.3 is 0 Å². The van der Waals surface area contributed by atoms with Crippen LogP contribution in [-0.4, -0.2) is 35.2 Å². The number of amides is 3. The van der Waals surface area contributed by atoms with Crippen LogP contribution in [0.2, 0.25) is 10.0 Å². The zero-order valence-electron chi connectivity index (χ0n) is 20.9. The van der Waals surface area contributed by atoms with Crippen LogP contribution in [0.25, 0.3) is 6.08 Å². The number of rotatable bonds is 9. The third-order valence-electron chi connectivity index (χ3n) is 5.48. The van der Waals surface area contributed by atoms with Gasteiger partial charge in [-0.15, -0.1) is 0 Å². The molecule has 1 aliphatic heterocycles. The number of nitrogens with zero attached hydrogens (tertiary/aromatic N) is 1. The number of hydrogen-bond acceptors (Lipinski definition) is 6. The average Bonchev–Trinajstić information content (AvgIpc) is 3.13. The number of imide groups is 1. The quantitative estimate of drug-likeness (QED) is 0.184. The summed E-state index contributed by atoms with van der Waals surface area (Å²) in [5.41, 5.74) is 3.06. The van der Waals surface area contributed by atoms with Gasteiger partial charge in [0.25, 0.3) is 17.1 Å². The van der Waals surface area contributed by atoms with Crippen molar-refractivity contribution in [1.82, 2.24) is 4.90 Å². The second-order valence-electron chi connectivity index (χ2n) is 8.49. The van der Waals surface area contributed by atoms with E-state index in [2.05, 4.69) is 27.9 Å². The zero-order chi connectivity index (χ0) is 28.1. The van der Waals surface area contributed by atoms with E-state index in [1.807, 2.05) is 32.0 Å². The Hall–Kier alpha value is -2.73. The molecule has 0 unspecified atom stereocenters. The van der Waals surface area contributed by atoms with Crippen LogP contribution in [0, 0.1) is 10.5 Å². The normalized spacial score (nSPS) is 14.2. The minimum absolute atomic E-state index is 0.0814. The van der Waals surface area contributed by atoms with Crippen molar-refractivity contribution in [1.29, 1.82) is 0 Å². The van der Waals surface area contributed by atoms with E-state index in [0.29, 0.717) is 48.5 Å². The van der Waals surface area contributed by atoms with Gasteiger partial charge in [-0.2, -0.15) is 0 Å². The number of carbonyl (C=O) groups excluding carboxylic acids is 3. The fraction of sp³-hybridized carbons (Fsp3) is 0.179. The Balaban J connectivity index is 1.49. The van der Waals surface area contributed by atoms with Gasteiger partial charge in [0.1, 0.15) is 0 Å². The molecular formula is C28H23Cl2IN2O5S. The van der Waals surface area contributed by atoms with Crippen LogP contribution in [0.5, 0.6) is 11.5 Å². The van der Waals surface area contributed by atoms with E-state index in [0.717, 1.165) is 22.2 Å². The number of halogens is 3. The van der Waals surface area contributed by atoms with Gasteiger partial charge in [0, 0.05) is 5.69 Å². The molecule has 3 aromatic rings.